The van der Waals surface area contributed by atoms with Crippen LogP contribution >= 0.6 is 0 Å². The summed E-state index contributed by atoms with van der Waals surface area (Å²) in [5, 5.41) is 0. The van der Waals surface area contributed by atoms with Crippen molar-refractivity contribution >= 4 is 0 Å². The number of hydrogen-bond acceptors (Lipinski definition) is 2. The molecule has 0 aliphatic carbocycles. The first-order valence-corrected chi connectivity index (χ1v) is 6.09. The second-order valence-corrected chi connectivity index (χ2v) is 4.85. The maximum absolute atomic E-state index is 12.0. The van der Waals surface area contributed by atoms with Crippen LogP contribution in [0.2, 0.25) is 0 Å². The Bertz CT molecular complexity index is 608. The zero-order chi connectivity index (χ0) is 13.3. The second-order valence-electron chi connectivity index (χ2n) is 4.85. The van der Waals surface area contributed by atoms with Crippen LogP contribution in [0.3, 0.4) is 0 Å². The van der Waals surface area contributed by atoms with Gasteiger partial charge in [0.25, 0.3) is 0 Å². The molecule has 0 aliphatic rings. The number of nitrogens with zero attached hydrogens (tertiary/aromatic N) is 2. The monoisotopic (exact) mass is 245 g/mol. The van der Waals surface area contributed by atoms with E-state index >= 15 is 0 Å². The Balaban J connectivity index is 2.48. The number of aryl methyl sites for hydroxylation is 2. The Morgan fingerprint density at radius 2 is 2.11 bits per heavy atom. The molecule has 2 aromatic rings. The molecule has 0 saturated heterocycles. The van der Waals surface area contributed by atoms with Gasteiger partial charge in [-0.2, -0.15) is 0 Å². The maximum Gasteiger partial charge on any atom is 0.332 e. The third kappa shape index (κ3) is 2.38. The predicted molar refractivity (Wildman–Crippen MR) is 73.1 cm³/mol. The van der Waals surface area contributed by atoms with Gasteiger partial charge in [-0.3, -0.25) is 4.57 Å². The molecule has 0 amide bonds. The molecular formula is C14H19N3O. The molecule has 0 spiro atoms. The summed E-state index contributed by atoms with van der Waals surface area (Å²) in [5.74, 6) is 0. The first-order valence-electron chi connectivity index (χ1n) is 6.09. The van der Waals surface area contributed by atoms with E-state index in [2.05, 4.69) is 0 Å². The number of hydrogen-bond donors (Lipinski definition) is 1. The Labute approximate surface area is 107 Å². The van der Waals surface area contributed by atoms with Crippen LogP contribution in [0, 0.1) is 6.92 Å². The zero-order valence-corrected chi connectivity index (χ0v) is 11.1. The minimum atomic E-state index is -0.0227. The topological polar surface area (TPSA) is 53.0 Å². The zero-order valence-electron chi connectivity index (χ0n) is 11.1. The molecule has 1 unspecified atom stereocenters. The summed E-state index contributed by atoms with van der Waals surface area (Å²) in [4.78, 5) is 12.0. The van der Waals surface area contributed by atoms with Crippen molar-refractivity contribution in [2.45, 2.75) is 26.3 Å². The second kappa shape index (κ2) is 4.82. The standard InChI is InChI=1S/C14H19N3O/c1-10(15)7-12-5-4-6-13(8-12)17-11(2)9-16(3)14(17)18/h4-6,8-10H,7,15H2,1-3H3. The first kappa shape index (κ1) is 12.6. The summed E-state index contributed by atoms with van der Waals surface area (Å²) in [6.07, 6.45) is 2.65. The average molecular weight is 245 g/mol. The van der Waals surface area contributed by atoms with Crippen LogP contribution in [0.4, 0.5) is 0 Å². The molecule has 0 radical (unpaired) electrons. The van der Waals surface area contributed by atoms with Crippen LogP contribution in [0.25, 0.3) is 5.69 Å². The fourth-order valence-electron chi connectivity index (χ4n) is 2.21. The van der Waals surface area contributed by atoms with Crippen LogP contribution in [-0.4, -0.2) is 15.2 Å². The van der Waals surface area contributed by atoms with Crippen LogP contribution in [0.15, 0.2) is 35.3 Å². The maximum atomic E-state index is 12.0. The van der Waals surface area contributed by atoms with Gasteiger partial charge in [-0.1, -0.05) is 12.1 Å². The summed E-state index contributed by atoms with van der Waals surface area (Å²) in [6, 6.07) is 8.09. The molecule has 0 fully saturated rings. The van der Waals surface area contributed by atoms with Gasteiger partial charge in [-0.25, -0.2) is 4.79 Å². The number of nitrogens with two attached hydrogens (primary N) is 1. The van der Waals surface area contributed by atoms with Crippen molar-refractivity contribution in [1.82, 2.24) is 9.13 Å². The molecule has 0 saturated carbocycles. The SMILES string of the molecule is Cc1cn(C)c(=O)n1-c1cccc(CC(C)N)c1. The third-order valence-electron chi connectivity index (χ3n) is 2.95. The molecule has 0 bridgehead atoms. The molecule has 4 heteroatoms. The Hall–Kier alpha value is -1.81. The van der Waals surface area contributed by atoms with Crippen molar-refractivity contribution in [3.05, 3.63) is 52.2 Å². The summed E-state index contributed by atoms with van der Waals surface area (Å²) >= 11 is 0. The van der Waals surface area contributed by atoms with E-state index in [0.717, 1.165) is 23.4 Å². The Morgan fingerprint density at radius 1 is 1.39 bits per heavy atom. The summed E-state index contributed by atoms with van der Waals surface area (Å²) in [5.41, 5.74) is 8.76. The van der Waals surface area contributed by atoms with Gasteiger partial charge in [0.2, 0.25) is 0 Å². The molecule has 2 rings (SSSR count). The fourth-order valence-corrected chi connectivity index (χ4v) is 2.21. The Kier molecular flexibility index (Phi) is 3.39. The molecule has 1 aromatic heterocycles. The molecule has 96 valence electrons. The first-order chi connectivity index (χ1) is 8.49. The van der Waals surface area contributed by atoms with Crippen LogP contribution in [0.5, 0.6) is 0 Å². The minimum Gasteiger partial charge on any atom is -0.328 e. The van der Waals surface area contributed by atoms with E-state index in [0.29, 0.717) is 0 Å². The molecular weight excluding hydrogens is 226 g/mol. The number of imidazole rings is 1. The van der Waals surface area contributed by atoms with Gasteiger partial charge in [0.05, 0.1) is 5.69 Å². The highest BCUT2D eigenvalue weighted by atomic mass is 16.1. The Morgan fingerprint density at radius 3 is 2.67 bits per heavy atom. The predicted octanol–water partition coefficient (Wildman–Crippen LogP) is 1.37. The molecule has 4 nitrogen and oxygen atoms in total. The van der Waals surface area contributed by atoms with Crippen molar-refractivity contribution in [1.29, 1.82) is 0 Å². The highest BCUT2D eigenvalue weighted by Crippen LogP contribution is 2.12. The van der Waals surface area contributed by atoms with Gasteiger partial charge < -0.3 is 10.3 Å². The van der Waals surface area contributed by atoms with E-state index in [-0.39, 0.29) is 11.7 Å². The molecule has 1 aromatic carbocycles. The summed E-state index contributed by atoms with van der Waals surface area (Å²) in [7, 11) is 1.76. The van der Waals surface area contributed by atoms with E-state index < -0.39 is 0 Å². The highest BCUT2D eigenvalue weighted by Gasteiger charge is 2.08. The van der Waals surface area contributed by atoms with Gasteiger partial charge in [0.1, 0.15) is 0 Å². The lowest BCUT2D eigenvalue weighted by Crippen LogP contribution is -2.22. The highest BCUT2D eigenvalue weighted by molar-refractivity contribution is 5.37. The van der Waals surface area contributed by atoms with Gasteiger partial charge >= 0.3 is 5.69 Å². The largest absolute Gasteiger partial charge is 0.332 e. The summed E-state index contributed by atoms with van der Waals surface area (Å²) in [6.45, 7) is 3.91. The molecule has 0 aliphatic heterocycles. The van der Waals surface area contributed by atoms with Crippen LogP contribution in [-0.2, 0) is 13.5 Å². The molecule has 2 N–H and O–H groups in total. The van der Waals surface area contributed by atoms with Crippen molar-refractivity contribution in [3.8, 4) is 5.69 Å². The van der Waals surface area contributed by atoms with Gasteiger partial charge in [0.15, 0.2) is 0 Å². The normalized spacial score (nSPS) is 12.7. The van der Waals surface area contributed by atoms with E-state index in [1.165, 1.54) is 0 Å². The van der Waals surface area contributed by atoms with E-state index in [1.807, 2.05) is 44.3 Å². The molecule has 1 heterocycles. The van der Waals surface area contributed by atoms with E-state index in [9.17, 15) is 4.79 Å². The average Bonchev–Trinajstić information content (AvgIpc) is 2.52. The number of aromatic nitrogens is 2. The van der Waals surface area contributed by atoms with Crippen molar-refractivity contribution in [2.24, 2.45) is 12.8 Å². The number of rotatable bonds is 3. The van der Waals surface area contributed by atoms with Crippen molar-refractivity contribution in [2.75, 3.05) is 0 Å². The van der Waals surface area contributed by atoms with Crippen molar-refractivity contribution in [3.63, 3.8) is 0 Å². The molecule has 18 heavy (non-hydrogen) atoms. The smallest absolute Gasteiger partial charge is 0.328 e. The lowest BCUT2D eigenvalue weighted by atomic mass is 10.1. The quantitative estimate of drug-likeness (QED) is 0.888. The van der Waals surface area contributed by atoms with Gasteiger partial charge in [-0.15, -0.1) is 0 Å². The van der Waals surface area contributed by atoms with Crippen LogP contribution < -0.4 is 11.4 Å². The van der Waals surface area contributed by atoms with E-state index in [1.54, 1.807) is 16.2 Å². The lowest BCUT2D eigenvalue weighted by Gasteiger charge is -2.09. The lowest BCUT2D eigenvalue weighted by molar-refractivity contribution is 0.736. The van der Waals surface area contributed by atoms with Crippen molar-refractivity contribution < 1.29 is 0 Å². The van der Waals surface area contributed by atoms with Gasteiger partial charge in [-0.05, 0) is 38.0 Å². The third-order valence-corrected chi connectivity index (χ3v) is 2.95. The van der Waals surface area contributed by atoms with E-state index in [4.69, 9.17) is 5.73 Å². The summed E-state index contributed by atoms with van der Waals surface area (Å²) < 4.78 is 3.30. The number of benzene rings is 1. The molecule has 1 atom stereocenters. The minimum absolute atomic E-state index is 0.0227. The van der Waals surface area contributed by atoms with Crippen LogP contribution in [0.1, 0.15) is 18.2 Å². The fraction of sp³-hybridized carbons (Fsp3) is 0.357. The van der Waals surface area contributed by atoms with Gasteiger partial charge in [0, 0.05) is 25.0 Å².